The van der Waals surface area contributed by atoms with Crippen LogP contribution >= 0.6 is 11.8 Å². The topological polar surface area (TPSA) is 70.9 Å². The van der Waals surface area contributed by atoms with Crippen LogP contribution in [-0.2, 0) is 9.59 Å². The summed E-state index contributed by atoms with van der Waals surface area (Å²) in [6.45, 7) is 6.01. The molecule has 1 saturated carbocycles. The van der Waals surface area contributed by atoms with Gasteiger partial charge in [-0.25, -0.2) is 4.99 Å². The first-order chi connectivity index (χ1) is 11.4. The van der Waals surface area contributed by atoms with Crippen molar-refractivity contribution in [1.82, 2.24) is 0 Å². The van der Waals surface area contributed by atoms with Crippen molar-refractivity contribution in [2.24, 2.45) is 15.9 Å². The van der Waals surface area contributed by atoms with Gasteiger partial charge in [-0.15, -0.1) is 0 Å². The zero-order chi connectivity index (χ0) is 17.3. The molecular formula is C18H21N3O2S. The van der Waals surface area contributed by atoms with Crippen molar-refractivity contribution in [3.05, 3.63) is 28.8 Å². The molecule has 0 radical (unpaired) electrons. The van der Waals surface area contributed by atoms with Crippen LogP contribution in [0.2, 0.25) is 0 Å². The molecule has 1 atom stereocenters. The van der Waals surface area contributed by atoms with Crippen LogP contribution in [0.3, 0.4) is 0 Å². The normalized spacial score (nSPS) is 19.6. The minimum absolute atomic E-state index is 0.106. The summed E-state index contributed by atoms with van der Waals surface area (Å²) in [5.74, 6) is -0.133. The van der Waals surface area contributed by atoms with E-state index in [9.17, 15) is 9.59 Å². The van der Waals surface area contributed by atoms with E-state index in [2.05, 4.69) is 15.3 Å². The van der Waals surface area contributed by atoms with E-state index in [1.54, 1.807) is 0 Å². The average molecular weight is 343 g/mol. The summed E-state index contributed by atoms with van der Waals surface area (Å²) in [6, 6.07) is 4.09. The van der Waals surface area contributed by atoms with Crippen LogP contribution in [0.15, 0.2) is 22.1 Å². The lowest BCUT2D eigenvalue weighted by Gasteiger charge is -2.14. The van der Waals surface area contributed by atoms with E-state index in [1.165, 1.54) is 17.3 Å². The summed E-state index contributed by atoms with van der Waals surface area (Å²) >= 11 is 1.22. The maximum absolute atomic E-state index is 12.2. The molecule has 6 heteroatoms. The number of thioether (sulfide) groups is 1. The Balaban J connectivity index is 1.62. The molecule has 1 aliphatic carbocycles. The summed E-state index contributed by atoms with van der Waals surface area (Å²) in [5.41, 5.74) is 5.06. The largest absolute Gasteiger partial charge is 0.325 e. The molecule has 3 rings (SSSR count). The molecule has 5 nitrogen and oxygen atoms in total. The number of hydrogen-bond donors (Lipinski definition) is 1. The van der Waals surface area contributed by atoms with Crippen LogP contribution in [0.1, 0.15) is 36.0 Å². The molecule has 0 saturated heterocycles. The van der Waals surface area contributed by atoms with Crippen molar-refractivity contribution in [2.75, 3.05) is 11.1 Å². The van der Waals surface area contributed by atoms with Crippen LogP contribution in [-0.4, -0.2) is 28.4 Å². The Morgan fingerprint density at radius 2 is 1.96 bits per heavy atom. The highest BCUT2D eigenvalue weighted by Gasteiger charge is 2.32. The third-order valence-corrected chi connectivity index (χ3v) is 5.19. The van der Waals surface area contributed by atoms with E-state index in [0.29, 0.717) is 5.17 Å². The van der Waals surface area contributed by atoms with E-state index < -0.39 is 0 Å². The maximum Gasteiger partial charge on any atom is 0.256 e. The van der Waals surface area contributed by atoms with Crippen molar-refractivity contribution < 1.29 is 9.59 Å². The summed E-state index contributed by atoms with van der Waals surface area (Å²) in [4.78, 5) is 32.7. The molecule has 126 valence electrons. The molecule has 0 aromatic heterocycles. The van der Waals surface area contributed by atoms with Crippen LogP contribution in [0.4, 0.5) is 5.69 Å². The summed E-state index contributed by atoms with van der Waals surface area (Å²) in [6.07, 6.45) is 2.71. The minimum atomic E-state index is -0.112. The van der Waals surface area contributed by atoms with Gasteiger partial charge in [0.2, 0.25) is 5.91 Å². The van der Waals surface area contributed by atoms with E-state index in [-0.39, 0.29) is 23.5 Å². The first-order valence-corrected chi connectivity index (χ1v) is 9.13. The number of fused-ring (bicyclic) bond motifs is 1. The van der Waals surface area contributed by atoms with Crippen molar-refractivity contribution in [1.29, 1.82) is 0 Å². The standard InChI is InChI=1S/C18H21N3O2S/c1-10-7-11(2)16(12(3)8-10)20-15(22)9-24-18-19-14-6-4-5-13(14)17(23)21-18/h7-8,13H,4-6,9H2,1-3H3,(H,20,22). The van der Waals surface area contributed by atoms with E-state index in [1.807, 2.05) is 32.9 Å². The van der Waals surface area contributed by atoms with Gasteiger partial charge in [-0.05, 0) is 51.2 Å². The van der Waals surface area contributed by atoms with Gasteiger partial charge in [0, 0.05) is 11.4 Å². The van der Waals surface area contributed by atoms with Gasteiger partial charge < -0.3 is 5.32 Å². The maximum atomic E-state index is 12.2. The fraction of sp³-hybridized carbons (Fsp3) is 0.444. The lowest BCUT2D eigenvalue weighted by atomic mass is 10.1. The SMILES string of the molecule is Cc1cc(C)c(NC(=O)CSC2=NC(=O)C3CCCC3=N2)c(C)c1. The fourth-order valence-electron chi connectivity index (χ4n) is 3.30. The van der Waals surface area contributed by atoms with Gasteiger partial charge in [-0.3, -0.25) is 9.59 Å². The van der Waals surface area contributed by atoms with E-state index in [0.717, 1.165) is 41.8 Å². The first-order valence-electron chi connectivity index (χ1n) is 8.14. The second-order valence-electron chi connectivity index (χ2n) is 6.39. The molecule has 24 heavy (non-hydrogen) atoms. The van der Waals surface area contributed by atoms with Gasteiger partial charge in [-0.1, -0.05) is 29.5 Å². The highest BCUT2D eigenvalue weighted by molar-refractivity contribution is 8.14. The predicted molar refractivity (Wildman–Crippen MR) is 99.0 cm³/mol. The Kier molecular flexibility index (Phi) is 4.85. The van der Waals surface area contributed by atoms with Crippen molar-refractivity contribution in [3.8, 4) is 0 Å². The number of rotatable bonds is 3. The number of nitrogens with zero attached hydrogens (tertiary/aromatic N) is 2. The van der Waals surface area contributed by atoms with Crippen LogP contribution < -0.4 is 5.32 Å². The van der Waals surface area contributed by atoms with Crippen LogP contribution in [0.5, 0.6) is 0 Å². The Morgan fingerprint density at radius 1 is 1.25 bits per heavy atom. The Hall–Kier alpha value is -1.95. The van der Waals surface area contributed by atoms with E-state index >= 15 is 0 Å². The molecule has 0 bridgehead atoms. The smallest absolute Gasteiger partial charge is 0.256 e. The molecule has 1 aliphatic heterocycles. The number of aliphatic imine (C=N–C) groups is 2. The lowest BCUT2D eigenvalue weighted by Crippen LogP contribution is -2.24. The molecule has 1 heterocycles. The molecule has 0 spiro atoms. The van der Waals surface area contributed by atoms with Crippen molar-refractivity contribution in [2.45, 2.75) is 40.0 Å². The second-order valence-corrected chi connectivity index (χ2v) is 7.33. The third-order valence-electron chi connectivity index (χ3n) is 4.34. The molecule has 1 aromatic carbocycles. The van der Waals surface area contributed by atoms with E-state index in [4.69, 9.17) is 0 Å². The highest BCUT2D eigenvalue weighted by atomic mass is 32.2. The van der Waals surface area contributed by atoms with Gasteiger partial charge in [-0.2, -0.15) is 4.99 Å². The Labute approximate surface area is 146 Å². The quantitative estimate of drug-likeness (QED) is 0.914. The van der Waals surface area contributed by atoms with Gasteiger partial charge in [0.15, 0.2) is 5.17 Å². The zero-order valence-electron chi connectivity index (χ0n) is 14.2. The van der Waals surface area contributed by atoms with Gasteiger partial charge in [0.1, 0.15) is 0 Å². The van der Waals surface area contributed by atoms with Crippen LogP contribution in [0, 0.1) is 26.7 Å². The molecule has 1 N–H and O–H groups in total. The summed E-state index contributed by atoms with van der Waals surface area (Å²) in [5, 5.41) is 3.37. The molecule has 2 aliphatic rings. The summed E-state index contributed by atoms with van der Waals surface area (Å²) in [7, 11) is 0. The zero-order valence-corrected chi connectivity index (χ0v) is 15.0. The third kappa shape index (κ3) is 3.59. The number of nitrogens with one attached hydrogen (secondary N) is 1. The highest BCUT2D eigenvalue weighted by Crippen LogP contribution is 2.28. The van der Waals surface area contributed by atoms with Gasteiger partial charge in [0.25, 0.3) is 5.91 Å². The predicted octanol–water partition coefficient (Wildman–Crippen LogP) is 3.42. The number of carbonyl (C=O) groups is 2. The first kappa shape index (κ1) is 16.9. The average Bonchev–Trinajstić information content (AvgIpc) is 2.98. The fourth-order valence-corrected chi connectivity index (χ4v) is 3.96. The number of amidine groups is 1. The summed E-state index contributed by atoms with van der Waals surface area (Å²) < 4.78 is 0. The molecule has 1 aromatic rings. The number of hydrogen-bond acceptors (Lipinski definition) is 4. The monoisotopic (exact) mass is 343 g/mol. The Morgan fingerprint density at radius 3 is 2.67 bits per heavy atom. The number of anilines is 1. The molecule has 1 unspecified atom stereocenters. The van der Waals surface area contributed by atoms with Crippen LogP contribution in [0.25, 0.3) is 0 Å². The lowest BCUT2D eigenvalue weighted by molar-refractivity contribution is -0.119. The number of benzene rings is 1. The minimum Gasteiger partial charge on any atom is -0.325 e. The van der Waals surface area contributed by atoms with Gasteiger partial charge in [0.05, 0.1) is 11.7 Å². The van der Waals surface area contributed by atoms with Crippen molar-refractivity contribution >= 4 is 40.1 Å². The molecule has 2 amide bonds. The van der Waals surface area contributed by atoms with Gasteiger partial charge >= 0.3 is 0 Å². The Bertz CT molecular complexity index is 745. The second kappa shape index (κ2) is 6.89. The number of carbonyl (C=O) groups excluding carboxylic acids is 2. The molecular weight excluding hydrogens is 322 g/mol. The number of amides is 2. The number of aryl methyl sites for hydroxylation is 3. The van der Waals surface area contributed by atoms with Crippen molar-refractivity contribution in [3.63, 3.8) is 0 Å². The molecule has 1 fully saturated rings.